The summed E-state index contributed by atoms with van der Waals surface area (Å²) in [5, 5.41) is 16.8. The molecule has 2 rings (SSSR count). The third kappa shape index (κ3) is 3.44. The summed E-state index contributed by atoms with van der Waals surface area (Å²) in [5.74, 6) is 0.553. The molecule has 0 atom stereocenters. The molecular weight excluding hydrogens is 270 g/mol. The second-order valence-electron chi connectivity index (χ2n) is 4.41. The number of hydrogen-bond donors (Lipinski definition) is 2. The maximum Gasteiger partial charge on any atom is 0.329 e. The molecule has 0 fully saturated rings. The first-order valence-corrected chi connectivity index (χ1v) is 6.65. The van der Waals surface area contributed by atoms with Crippen LogP contribution in [0.15, 0.2) is 30.5 Å². The Hall–Kier alpha value is -2.70. The molecule has 0 aliphatic heterocycles. The van der Waals surface area contributed by atoms with E-state index in [4.69, 9.17) is 0 Å². The monoisotopic (exact) mass is 287 g/mol. The normalized spacial score (nSPS) is 10.2. The molecule has 0 bridgehead atoms. The molecule has 1 aromatic heterocycles. The molecular formula is C14H17N5O2. The fourth-order valence-corrected chi connectivity index (χ4v) is 2.01. The van der Waals surface area contributed by atoms with Gasteiger partial charge in [-0.05, 0) is 17.5 Å². The fraction of sp³-hybridized carbons (Fsp3) is 0.286. The minimum atomic E-state index is -0.493. The summed E-state index contributed by atoms with van der Waals surface area (Å²) in [5.41, 5.74) is 2.16. The van der Waals surface area contributed by atoms with Crippen LogP contribution < -0.4 is 10.6 Å². The summed E-state index contributed by atoms with van der Waals surface area (Å²) >= 11 is 0. The first-order chi connectivity index (χ1) is 10.2. The second-order valence-corrected chi connectivity index (χ2v) is 4.41. The van der Waals surface area contributed by atoms with E-state index in [0.29, 0.717) is 12.5 Å². The SMILES string of the molecule is CCc1ccccc1CNc1nc(NC)ncc1[N+](=O)[O-]. The predicted octanol–water partition coefficient (Wildman–Crippen LogP) is 2.60. The van der Waals surface area contributed by atoms with E-state index >= 15 is 0 Å². The van der Waals surface area contributed by atoms with Gasteiger partial charge in [-0.1, -0.05) is 31.2 Å². The van der Waals surface area contributed by atoms with Gasteiger partial charge in [0, 0.05) is 13.6 Å². The lowest BCUT2D eigenvalue weighted by molar-refractivity contribution is -0.384. The maximum absolute atomic E-state index is 11.0. The molecule has 0 saturated carbocycles. The average molecular weight is 287 g/mol. The van der Waals surface area contributed by atoms with Crippen LogP contribution in [0.3, 0.4) is 0 Å². The number of hydrogen-bond acceptors (Lipinski definition) is 6. The Balaban J connectivity index is 2.24. The van der Waals surface area contributed by atoms with Crippen LogP contribution in [0, 0.1) is 10.1 Å². The predicted molar refractivity (Wildman–Crippen MR) is 81.4 cm³/mol. The summed E-state index contributed by atoms with van der Waals surface area (Å²) in [6.07, 6.45) is 2.11. The highest BCUT2D eigenvalue weighted by Crippen LogP contribution is 2.23. The van der Waals surface area contributed by atoms with Crippen molar-refractivity contribution in [1.29, 1.82) is 0 Å². The van der Waals surface area contributed by atoms with E-state index in [1.54, 1.807) is 7.05 Å². The van der Waals surface area contributed by atoms with E-state index in [0.717, 1.165) is 12.0 Å². The van der Waals surface area contributed by atoms with E-state index < -0.39 is 4.92 Å². The molecule has 0 radical (unpaired) electrons. The number of rotatable bonds is 6. The van der Waals surface area contributed by atoms with Gasteiger partial charge in [0.1, 0.15) is 6.20 Å². The minimum Gasteiger partial charge on any atom is -0.360 e. The van der Waals surface area contributed by atoms with Gasteiger partial charge in [0.15, 0.2) is 0 Å². The van der Waals surface area contributed by atoms with Crippen molar-refractivity contribution in [3.8, 4) is 0 Å². The van der Waals surface area contributed by atoms with Crippen molar-refractivity contribution in [2.24, 2.45) is 0 Å². The minimum absolute atomic E-state index is 0.136. The highest BCUT2D eigenvalue weighted by Gasteiger charge is 2.17. The summed E-state index contributed by atoms with van der Waals surface area (Å²) in [6, 6.07) is 7.97. The summed E-state index contributed by atoms with van der Waals surface area (Å²) in [4.78, 5) is 18.5. The Kier molecular flexibility index (Phi) is 4.65. The number of nitro groups is 1. The lowest BCUT2D eigenvalue weighted by atomic mass is 10.1. The number of aromatic nitrogens is 2. The van der Waals surface area contributed by atoms with Crippen LogP contribution in [0.4, 0.5) is 17.5 Å². The van der Waals surface area contributed by atoms with E-state index in [1.807, 2.05) is 24.3 Å². The summed E-state index contributed by atoms with van der Waals surface area (Å²) in [7, 11) is 1.66. The van der Waals surface area contributed by atoms with Gasteiger partial charge in [0.2, 0.25) is 11.8 Å². The lowest BCUT2D eigenvalue weighted by Gasteiger charge is -2.10. The van der Waals surface area contributed by atoms with Crippen LogP contribution >= 0.6 is 0 Å². The molecule has 2 N–H and O–H groups in total. The van der Waals surface area contributed by atoms with Gasteiger partial charge in [0.25, 0.3) is 0 Å². The van der Waals surface area contributed by atoms with Crippen molar-refractivity contribution in [2.75, 3.05) is 17.7 Å². The molecule has 0 saturated heterocycles. The molecule has 0 spiro atoms. The first-order valence-electron chi connectivity index (χ1n) is 6.65. The highest BCUT2D eigenvalue weighted by molar-refractivity contribution is 5.57. The quantitative estimate of drug-likeness (QED) is 0.626. The van der Waals surface area contributed by atoms with Gasteiger partial charge < -0.3 is 10.6 Å². The third-order valence-electron chi connectivity index (χ3n) is 3.14. The van der Waals surface area contributed by atoms with Crippen LogP contribution in [0.5, 0.6) is 0 Å². The van der Waals surface area contributed by atoms with E-state index in [1.165, 1.54) is 11.8 Å². The molecule has 110 valence electrons. The molecule has 0 aliphatic carbocycles. The van der Waals surface area contributed by atoms with Crippen molar-refractivity contribution < 1.29 is 4.92 Å². The number of nitrogens with zero attached hydrogens (tertiary/aromatic N) is 3. The van der Waals surface area contributed by atoms with Crippen LogP contribution in [0.2, 0.25) is 0 Å². The average Bonchev–Trinajstić information content (AvgIpc) is 2.52. The number of aryl methyl sites for hydroxylation is 1. The number of anilines is 2. The third-order valence-corrected chi connectivity index (χ3v) is 3.14. The molecule has 2 aromatic rings. The highest BCUT2D eigenvalue weighted by atomic mass is 16.6. The molecule has 0 amide bonds. The van der Waals surface area contributed by atoms with Crippen molar-refractivity contribution in [1.82, 2.24) is 9.97 Å². The lowest BCUT2D eigenvalue weighted by Crippen LogP contribution is -2.08. The smallest absolute Gasteiger partial charge is 0.329 e. The molecule has 21 heavy (non-hydrogen) atoms. The van der Waals surface area contributed by atoms with Gasteiger partial charge in [-0.2, -0.15) is 4.98 Å². The zero-order valence-electron chi connectivity index (χ0n) is 12.0. The fourth-order valence-electron chi connectivity index (χ4n) is 2.01. The van der Waals surface area contributed by atoms with Crippen LogP contribution in [0.25, 0.3) is 0 Å². The summed E-state index contributed by atoms with van der Waals surface area (Å²) in [6.45, 7) is 2.55. The zero-order chi connectivity index (χ0) is 15.2. The molecule has 0 aliphatic rings. The Morgan fingerprint density at radius 1 is 1.29 bits per heavy atom. The molecule has 0 unspecified atom stereocenters. The van der Waals surface area contributed by atoms with Crippen molar-refractivity contribution in [3.63, 3.8) is 0 Å². The Morgan fingerprint density at radius 2 is 2.00 bits per heavy atom. The topological polar surface area (TPSA) is 93.0 Å². The molecule has 1 heterocycles. The van der Waals surface area contributed by atoms with Crippen LogP contribution in [-0.4, -0.2) is 21.9 Å². The second kappa shape index (κ2) is 6.65. The molecule has 7 heteroatoms. The van der Waals surface area contributed by atoms with E-state index in [-0.39, 0.29) is 11.5 Å². The molecule has 7 nitrogen and oxygen atoms in total. The Bertz CT molecular complexity index is 645. The first kappa shape index (κ1) is 14.7. The van der Waals surface area contributed by atoms with Gasteiger partial charge in [0.05, 0.1) is 4.92 Å². The summed E-state index contributed by atoms with van der Waals surface area (Å²) < 4.78 is 0. The van der Waals surface area contributed by atoms with Gasteiger partial charge in [-0.3, -0.25) is 10.1 Å². The largest absolute Gasteiger partial charge is 0.360 e. The zero-order valence-corrected chi connectivity index (χ0v) is 12.0. The van der Waals surface area contributed by atoms with Crippen LogP contribution in [0.1, 0.15) is 18.1 Å². The van der Waals surface area contributed by atoms with Crippen molar-refractivity contribution >= 4 is 17.5 Å². The Morgan fingerprint density at radius 3 is 2.62 bits per heavy atom. The number of benzene rings is 1. The van der Waals surface area contributed by atoms with Gasteiger partial charge in [-0.25, -0.2) is 4.98 Å². The van der Waals surface area contributed by atoms with Crippen molar-refractivity contribution in [2.45, 2.75) is 19.9 Å². The van der Waals surface area contributed by atoms with E-state index in [2.05, 4.69) is 27.5 Å². The molecule has 1 aromatic carbocycles. The Labute approximate surface area is 122 Å². The van der Waals surface area contributed by atoms with E-state index in [9.17, 15) is 10.1 Å². The van der Waals surface area contributed by atoms with Gasteiger partial charge in [-0.15, -0.1) is 0 Å². The number of nitrogens with one attached hydrogen (secondary N) is 2. The maximum atomic E-state index is 11.0. The van der Waals surface area contributed by atoms with Crippen molar-refractivity contribution in [3.05, 3.63) is 51.7 Å². The standard InChI is InChI=1S/C14H17N5O2/c1-3-10-6-4-5-7-11(10)8-16-13-12(19(20)21)9-17-14(15-2)18-13/h4-7,9H,3,8H2,1-2H3,(H2,15,16,17,18). The van der Waals surface area contributed by atoms with Crippen LogP contribution in [-0.2, 0) is 13.0 Å². The van der Waals surface area contributed by atoms with Gasteiger partial charge >= 0.3 is 5.69 Å².